The Balaban J connectivity index is 2.35. The number of nitrogens with two attached hydrogens (primary N) is 1. The van der Waals surface area contributed by atoms with Crippen molar-refractivity contribution in [2.75, 3.05) is 6.54 Å². The van der Waals surface area contributed by atoms with Crippen molar-refractivity contribution < 1.29 is 9.59 Å². The summed E-state index contributed by atoms with van der Waals surface area (Å²) < 4.78 is 0. The summed E-state index contributed by atoms with van der Waals surface area (Å²) in [6.07, 6.45) is 1.80. The summed E-state index contributed by atoms with van der Waals surface area (Å²) in [7, 11) is 0. The van der Waals surface area contributed by atoms with Crippen molar-refractivity contribution in [2.24, 2.45) is 17.1 Å². The topological polar surface area (TPSA) is 72.2 Å². The van der Waals surface area contributed by atoms with E-state index in [4.69, 9.17) is 5.73 Å². The van der Waals surface area contributed by atoms with Gasteiger partial charge in [0.05, 0.1) is 0 Å². The lowest BCUT2D eigenvalue weighted by atomic mass is 9.80. The van der Waals surface area contributed by atoms with Gasteiger partial charge >= 0.3 is 0 Å². The Kier molecular flexibility index (Phi) is 3.50. The van der Waals surface area contributed by atoms with E-state index in [2.05, 4.69) is 5.32 Å². The molecule has 4 heteroatoms. The Morgan fingerprint density at radius 2 is 1.87 bits per heavy atom. The van der Waals surface area contributed by atoms with Crippen LogP contribution in [0.5, 0.6) is 0 Å². The molecule has 0 unspecified atom stereocenters. The second kappa shape index (κ2) is 4.31. The molecule has 0 saturated heterocycles. The summed E-state index contributed by atoms with van der Waals surface area (Å²) in [6.45, 7) is 5.91. The summed E-state index contributed by atoms with van der Waals surface area (Å²) in [5.41, 5.74) is 4.88. The molecular formula is C11H20N2O2. The van der Waals surface area contributed by atoms with Gasteiger partial charge in [-0.15, -0.1) is 0 Å². The van der Waals surface area contributed by atoms with Crippen LogP contribution in [0.3, 0.4) is 0 Å². The van der Waals surface area contributed by atoms with Crippen LogP contribution in [0.1, 0.15) is 33.6 Å². The molecule has 1 amide bonds. The molecule has 1 aliphatic carbocycles. The maximum Gasteiger partial charge on any atom is 0.288 e. The van der Waals surface area contributed by atoms with Crippen molar-refractivity contribution in [2.45, 2.75) is 39.7 Å². The lowest BCUT2D eigenvalue weighted by Crippen LogP contribution is -2.50. The third-order valence-electron chi connectivity index (χ3n) is 2.79. The molecule has 1 saturated carbocycles. The number of rotatable bonds is 3. The second-order valence-corrected chi connectivity index (χ2v) is 5.32. The Hall–Kier alpha value is -0.900. The zero-order valence-corrected chi connectivity index (χ0v) is 9.67. The fraction of sp³-hybridized carbons (Fsp3) is 0.818. The van der Waals surface area contributed by atoms with Gasteiger partial charge in [-0.3, -0.25) is 9.59 Å². The lowest BCUT2D eigenvalue weighted by molar-refractivity contribution is -0.143. The zero-order chi connectivity index (χ0) is 11.6. The molecule has 0 atom stereocenters. The predicted octanol–water partition coefficient (Wildman–Crippen LogP) is 0.455. The first kappa shape index (κ1) is 12.2. The van der Waals surface area contributed by atoms with E-state index >= 15 is 0 Å². The van der Waals surface area contributed by atoms with Crippen molar-refractivity contribution in [1.82, 2.24) is 5.32 Å². The highest BCUT2D eigenvalue weighted by Gasteiger charge is 2.33. The largest absolute Gasteiger partial charge is 0.347 e. The molecule has 0 aromatic heterocycles. The number of Topliss-reactive ketones (excluding diaryl/α,β-unsaturated/α-hetero) is 1. The molecule has 0 bridgehead atoms. The van der Waals surface area contributed by atoms with Crippen LogP contribution in [-0.2, 0) is 9.59 Å². The Labute approximate surface area is 90.6 Å². The van der Waals surface area contributed by atoms with Crippen molar-refractivity contribution in [3.05, 3.63) is 0 Å². The van der Waals surface area contributed by atoms with Crippen LogP contribution in [0.2, 0.25) is 0 Å². The summed E-state index contributed by atoms with van der Waals surface area (Å²) in [4.78, 5) is 23.1. The van der Waals surface area contributed by atoms with Crippen molar-refractivity contribution in [3.63, 3.8) is 0 Å². The molecule has 1 rings (SSSR count). The van der Waals surface area contributed by atoms with Gasteiger partial charge in [-0.1, -0.05) is 20.8 Å². The Morgan fingerprint density at radius 3 is 2.27 bits per heavy atom. The van der Waals surface area contributed by atoms with Gasteiger partial charge in [-0.2, -0.15) is 0 Å². The fourth-order valence-corrected chi connectivity index (χ4v) is 1.64. The van der Waals surface area contributed by atoms with Gasteiger partial charge in [0.15, 0.2) is 0 Å². The number of hydrogen-bond donors (Lipinski definition) is 2. The lowest BCUT2D eigenvalue weighted by Gasteiger charge is -2.35. The smallest absolute Gasteiger partial charge is 0.288 e. The highest BCUT2D eigenvalue weighted by atomic mass is 16.2. The number of nitrogens with one attached hydrogen (secondary N) is 1. The van der Waals surface area contributed by atoms with Gasteiger partial charge in [-0.25, -0.2) is 0 Å². The van der Waals surface area contributed by atoms with Crippen LogP contribution in [-0.4, -0.2) is 24.3 Å². The number of carbonyl (C=O) groups is 2. The maximum atomic E-state index is 11.6. The monoisotopic (exact) mass is 212 g/mol. The standard InChI is InChI=1S/C11H20N2O2/c1-11(2,3)9(14)10(15)13-8-4-7(5-8)6-12/h7-8H,4-6,12H2,1-3H3,(H,13,15). The van der Waals surface area contributed by atoms with E-state index in [1.165, 1.54) is 0 Å². The van der Waals surface area contributed by atoms with Crippen LogP contribution >= 0.6 is 0 Å². The van der Waals surface area contributed by atoms with Crippen molar-refractivity contribution in [1.29, 1.82) is 0 Å². The van der Waals surface area contributed by atoms with Crippen molar-refractivity contribution in [3.8, 4) is 0 Å². The summed E-state index contributed by atoms with van der Waals surface area (Å²) in [5, 5.41) is 2.74. The normalized spacial score (nSPS) is 25.6. The van der Waals surface area contributed by atoms with Gasteiger partial charge in [0.2, 0.25) is 5.78 Å². The molecule has 4 nitrogen and oxygen atoms in total. The van der Waals surface area contributed by atoms with Gasteiger partial charge < -0.3 is 11.1 Å². The van der Waals surface area contributed by atoms with E-state index < -0.39 is 11.3 Å². The van der Waals surface area contributed by atoms with Gasteiger partial charge in [-0.05, 0) is 25.3 Å². The number of hydrogen-bond acceptors (Lipinski definition) is 3. The molecular weight excluding hydrogens is 192 g/mol. The van der Waals surface area contributed by atoms with Crippen molar-refractivity contribution >= 4 is 11.7 Å². The van der Waals surface area contributed by atoms with E-state index in [0.29, 0.717) is 12.5 Å². The first-order chi connectivity index (χ1) is 6.84. The van der Waals surface area contributed by atoms with Gasteiger partial charge in [0, 0.05) is 11.5 Å². The zero-order valence-electron chi connectivity index (χ0n) is 9.67. The highest BCUT2D eigenvalue weighted by molar-refractivity contribution is 6.37. The average molecular weight is 212 g/mol. The quantitative estimate of drug-likeness (QED) is 0.667. The molecule has 0 heterocycles. The summed E-state index contributed by atoms with van der Waals surface area (Å²) in [5.74, 6) is -0.290. The molecule has 0 aromatic carbocycles. The molecule has 0 radical (unpaired) electrons. The first-order valence-corrected chi connectivity index (χ1v) is 5.40. The number of amides is 1. The fourth-order valence-electron chi connectivity index (χ4n) is 1.64. The minimum absolute atomic E-state index is 0.150. The van der Waals surface area contributed by atoms with Gasteiger partial charge in [0.1, 0.15) is 0 Å². The van der Waals surface area contributed by atoms with E-state index in [-0.39, 0.29) is 11.8 Å². The summed E-state index contributed by atoms with van der Waals surface area (Å²) >= 11 is 0. The van der Waals surface area contributed by atoms with E-state index in [1.54, 1.807) is 20.8 Å². The number of carbonyl (C=O) groups excluding carboxylic acids is 2. The van der Waals surface area contributed by atoms with E-state index in [1.807, 2.05) is 0 Å². The van der Waals surface area contributed by atoms with Crippen LogP contribution in [0.25, 0.3) is 0 Å². The molecule has 0 aromatic rings. The van der Waals surface area contributed by atoms with Crippen LogP contribution < -0.4 is 11.1 Å². The third-order valence-corrected chi connectivity index (χ3v) is 2.79. The SMILES string of the molecule is CC(C)(C)C(=O)C(=O)NC1CC(CN)C1. The van der Waals surface area contributed by atoms with Crippen LogP contribution in [0.15, 0.2) is 0 Å². The Bertz CT molecular complexity index is 262. The third kappa shape index (κ3) is 3.02. The molecule has 0 aliphatic heterocycles. The minimum atomic E-state index is -0.596. The van der Waals surface area contributed by atoms with Crippen LogP contribution in [0.4, 0.5) is 0 Å². The second-order valence-electron chi connectivity index (χ2n) is 5.32. The molecule has 3 N–H and O–H groups in total. The molecule has 0 spiro atoms. The van der Waals surface area contributed by atoms with E-state index in [0.717, 1.165) is 12.8 Å². The average Bonchev–Trinajstić information content (AvgIpc) is 2.07. The predicted molar refractivity (Wildman–Crippen MR) is 58.2 cm³/mol. The highest BCUT2D eigenvalue weighted by Crippen LogP contribution is 2.26. The molecule has 1 aliphatic rings. The van der Waals surface area contributed by atoms with E-state index in [9.17, 15) is 9.59 Å². The molecule has 1 fully saturated rings. The summed E-state index contributed by atoms with van der Waals surface area (Å²) in [6, 6.07) is 0.150. The van der Waals surface area contributed by atoms with Gasteiger partial charge in [0.25, 0.3) is 5.91 Å². The molecule has 15 heavy (non-hydrogen) atoms. The maximum absolute atomic E-state index is 11.6. The minimum Gasteiger partial charge on any atom is -0.347 e. The van der Waals surface area contributed by atoms with Crippen LogP contribution in [0, 0.1) is 11.3 Å². The molecule has 86 valence electrons. The number of ketones is 1. The first-order valence-electron chi connectivity index (χ1n) is 5.40. The Morgan fingerprint density at radius 1 is 1.33 bits per heavy atom.